The molecule has 1 atom stereocenters. The molecular formula is C14H16BrClIN3. The Labute approximate surface area is 146 Å². The molecule has 1 aromatic carbocycles. The van der Waals surface area contributed by atoms with Gasteiger partial charge in [0.25, 0.3) is 0 Å². The van der Waals surface area contributed by atoms with E-state index in [9.17, 15) is 0 Å². The first-order valence-corrected chi connectivity index (χ1v) is 8.49. The summed E-state index contributed by atoms with van der Waals surface area (Å²) in [5.74, 6) is 0. The van der Waals surface area contributed by atoms with Crippen LogP contribution in [0.25, 0.3) is 0 Å². The second-order valence-electron chi connectivity index (χ2n) is 4.68. The van der Waals surface area contributed by atoms with Gasteiger partial charge in [-0.15, -0.1) is 0 Å². The van der Waals surface area contributed by atoms with Crippen molar-refractivity contribution in [3.8, 4) is 0 Å². The summed E-state index contributed by atoms with van der Waals surface area (Å²) in [5, 5.41) is 8.51. The minimum absolute atomic E-state index is 0.201. The van der Waals surface area contributed by atoms with Gasteiger partial charge in [0, 0.05) is 27.6 Å². The van der Waals surface area contributed by atoms with Gasteiger partial charge in [0.1, 0.15) is 0 Å². The Bertz CT molecular complexity index is 627. The fourth-order valence-electron chi connectivity index (χ4n) is 2.24. The molecule has 0 bridgehead atoms. The minimum Gasteiger partial charge on any atom is -0.313 e. The third-order valence-electron chi connectivity index (χ3n) is 3.34. The van der Waals surface area contributed by atoms with Crippen molar-refractivity contribution in [3.05, 3.63) is 48.2 Å². The van der Waals surface area contributed by atoms with Crippen LogP contribution in [0.1, 0.15) is 23.0 Å². The smallest absolute Gasteiger partial charge is 0.0847 e. The lowest BCUT2D eigenvalue weighted by Gasteiger charge is -2.19. The molecule has 108 valence electrons. The summed E-state index contributed by atoms with van der Waals surface area (Å²) in [6, 6.07) is 6.52. The van der Waals surface area contributed by atoms with Gasteiger partial charge in [-0.1, -0.05) is 27.5 Å². The second kappa shape index (κ2) is 6.77. The van der Waals surface area contributed by atoms with Crippen LogP contribution in [0.15, 0.2) is 22.7 Å². The quantitative estimate of drug-likeness (QED) is 0.680. The predicted molar refractivity (Wildman–Crippen MR) is 95.3 cm³/mol. The number of nitrogens with one attached hydrogen (secondary N) is 1. The number of benzene rings is 1. The molecule has 0 spiro atoms. The molecule has 0 saturated carbocycles. The molecule has 20 heavy (non-hydrogen) atoms. The van der Waals surface area contributed by atoms with Crippen LogP contribution in [0.3, 0.4) is 0 Å². The Morgan fingerprint density at radius 3 is 2.75 bits per heavy atom. The second-order valence-corrected chi connectivity index (χ2v) is 7.14. The lowest BCUT2D eigenvalue weighted by molar-refractivity contribution is 0.559. The van der Waals surface area contributed by atoms with Crippen molar-refractivity contribution < 1.29 is 0 Å². The third-order valence-corrected chi connectivity index (χ3v) is 5.31. The van der Waals surface area contributed by atoms with Gasteiger partial charge in [-0.2, -0.15) is 5.10 Å². The van der Waals surface area contributed by atoms with Crippen LogP contribution in [-0.4, -0.2) is 16.8 Å². The highest BCUT2D eigenvalue weighted by molar-refractivity contribution is 14.1. The lowest BCUT2D eigenvalue weighted by atomic mass is 10.0. The first kappa shape index (κ1) is 16.3. The highest BCUT2D eigenvalue weighted by atomic mass is 127. The molecule has 1 N–H and O–H groups in total. The molecule has 0 amide bonds. The molecule has 0 aliphatic carbocycles. The molecule has 1 unspecified atom stereocenters. The van der Waals surface area contributed by atoms with Gasteiger partial charge in [-0.05, 0) is 60.3 Å². The summed E-state index contributed by atoms with van der Waals surface area (Å²) >= 11 is 12.3. The summed E-state index contributed by atoms with van der Waals surface area (Å²) in [7, 11) is 3.91. The van der Waals surface area contributed by atoms with Gasteiger partial charge in [-0.25, -0.2) is 0 Å². The van der Waals surface area contributed by atoms with Gasteiger partial charge in [-0.3, -0.25) is 4.68 Å². The van der Waals surface area contributed by atoms with Crippen molar-refractivity contribution in [2.75, 3.05) is 7.05 Å². The van der Waals surface area contributed by atoms with Crippen molar-refractivity contribution >= 4 is 50.1 Å². The van der Waals surface area contributed by atoms with Crippen LogP contribution >= 0.6 is 50.1 Å². The third kappa shape index (κ3) is 3.37. The number of aryl methyl sites for hydroxylation is 2. The van der Waals surface area contributed by atoms with E-state index in [1.54, 1.807) is 0 Å². The van der Waals surface area contributed by atoms with Crippen LogP contribution < -0.4 is 5.32 Å². The summed E-state index contributed by atoms with van der Waals surface area (Å²) in [6.07, 6.45) is 0.805. The Morgan fingerprint density at radius 2 is 2.20 bits per heavy atom. The average molecular weight is 469 g/mol. The molecule has 3 nitrogen and oxygen atoms in total. The molecule has 6 heteroatoms. The molecule has 0 aliphatic rings. The Hall–Kier alpha value is -0.110. The van der Waals surface area contributed by atoms with E-state index >= 15 is 0 Å². The zero-order valence-electron chi connectivity index (χ0n) is 11.5. The first-order chi connectivity index (χ1) is 9.43. The van der Waals surface area contributed by atoms with Crippen LogP contribution in [0.5, 0.6) is 0 Å². The number of likely N-dealkylation sites (N-methyl/N-ethyl adjacent to an activating group) is 1. The average Bonchev–Trinajstić information content (AvgIpc) is 2.65. The molecule has 1 aromatic heterocycles. The van der Waals surface area contributed by atoms with Gasteiger partial charge in [0.2, 0.25) is 0 Å². The Morgan fingerprint density at radius 1 is 1.50 bits per heavy atom. The SMILES string of the molecule is CNC(Cc1c(Cl)c(C)nn1C)c1cc(Br)ccc1I. The normalized spacial score (nSPS) is 12.7. The van der Waals surface area contributed by atoms with E-state index in [0.29, 0.717) is 0 Å². The molecule has 2 rings (SSSR count). The maximum absolute atomic E-state index is 6.35. The zero-order chi connectivity index (χ0) is 14.9. The van der Waals surface area contributed by atoms with E-state index < -0.39 is 0 Å². The van der Waals surface area contributed by atoms with Crippen LogP contribution in [0.4, 0.5) is 0 Å². The molecular weight excluding hydrogens is 452 g/mol. The number of halogens is 3. The van der Waals surface area contributed by atoms with Gasteiger partial charge in [0.05, 0.1) is 16.4 Å². The summed E-state index contributed by atoms with van der Waals surface area (Å²) in [4.78, 5) is 0. The molecule has 0 saturated heterocycles. The van der Waals surface area contributed by atoms with E-state index in [4.69, 9.17) is 11.6 Å². The fourth-order valence-corrected chi connectivity index (χ4v) is 3.57. The van der Waals surface area contributed by atoms with Crippen LogP contribution in [0.2, 0.25) is 5.02 Å². The maximum Gasteiger partial charge on any atom is 0.0847 e. The van der Waals surface area contributed by atoms with E-state index in [-0.39, 0.29) is 6.04 Å². The largest absolute Gasteiger partial charge is 0.313 e. The molecule has 1 heterocycles. The van der Waals surface area contributed by atoms with Crippen LogP contribution in [-0.2, 0) is 13.5 Å². The minimum atomic E-state index is 0.201. The van der Waals surface area contributed by atoms with Gasteiger partial charge < -0.3 is 5.32 Å². The van der Waals surface area contributed by atoms with E-state index in [1.165, 1.54) is 9.13 Å². The maximum atomic E-state index is 6.35. The zero-order valence-corrected chi connectivity index (χ0v) is 16.0. The van der Waals surface area contributed by atoms with Gasteiger partial charge in [0.15, 0.2) is 0 Å². The number of rotatable bonds is 4. The van der Waals surface area contributed by atoms with Crippen molar-refractivity contribution in [1.82, 2.24) is 15.1 Å². The van der Waals surface area contributed by atoms with Crippen molar-refractivity contribution in [2.45, 2.75) is 19.4 Å². The number of nitrogens with zero attached hydrogens (tertiary/aromatic N) is 2. The molecule has 0 fully saturated rings. The summed E-state index contributed by atoms with van der Waals surface area (Å²) < 4.78 is 4.19. The Balaban J connectivity index is 2.36. The first-order valence-electron chi connectivity index (χ1n) is 6.24. The highest BCUT2D eigenvalue weighted by Crippen LogP contribution is 2.29. The predicted octanol–water partition coefficient (Wildman–Crippen LogP) is 4.25. The molecule has 2 aromatic rings. The molecule has 0 radical (unpaired) electrons. The van der Waals surface area contributed by atoms with E-state index in [1.807, 2.05) is 25.7 Å². The Kier molecular flexibility index (Phi) is 5.50. The lowest BCUT2D eigenvalue weighted by Crippen LogP contribution is -2.21. The highest BCUT2D eigenvalue weighted by Gasteiger charge is 2.19. The topological polar surface area (TPSA) is 29.9 Å². The summed E-state index contributed by atoms with van der Waals surface area (Å²) in [6.45, 7) is 1.93. The standard InChI is InChI=1S/C14H16BrClIN3/c1-8-14(16)13(20(3)19-8)7-12(18-2)10-6-9(15)4-5-11(10)17/h4-6,12,18H,7H2,1-3H3. The number of hydrogen-bond donors (Lipinski definition) is 1. The number of aromatic nitrogens is 2. The molecule has 0 aliphatic heterocycles. The van der Waals surface area contributed by atoms with Crippen molar-refractivity contribution in [2.24, 2.45) is 7.05 Å². The van der Waals surface area contributed by atoms with Crippen LogP contribution in [0, 0.1) is 10.5 Å². The number of hydrogen-bond acceptors (Lipinski definition) is 2. The van der Waals surface area contributed by atoms with Crippen molar-refractivity contribution in [3.63, 3.8) is 0 Å². The van der Waals surface area contributed by atoms with Crippen molar-refractivity contribution in [1.29, 1.82) is 0 Å². The van der Waals surface area contributed by atoms with E-state index in [2.05, 4.69) is 67.1 Å². The fraction of sp³-hybridized carbons (Fsp3) is 0.357. The van der Waals surface area contributed by atoms with Gasteiger partial charge >= 0.3 is 0 Å². The monoisotopic (exact) mass is 467 g/mol. The summed E-state index contributed by atoms with van der Waals surface area (Å²) in [5.41, 5.74) is 3.19. The van der Waals surface area contributed by atoms with E-state index in [0.717, 1.165) is 27.3 Å².